The predicted octanol–water partition coefficient (Wildman–Crippen LogP) is 3.22. The summed E-state index contributed by atoms with van der Waals surface area (Å²) in [4.78, 5) is 29.2. The highest BCUT2D eigenvalue weighted by molar-refractivity contribution is 5.95. The normalized spacial score (nSPS) is 18.7. The molecule has 0 bridgehead atoms. The van der Waals surface area contributed by atoms with Crippen molar-refractivity contribution < 1.29 is 31.9 Å². The lowest BCUT2D eigenvalue weighted by atomic mass is 10.0. The Balaban J connectivity index is 1.68. The van der Waals surface area contributed by atoms with Crippen LogP contribution in [0.5, 0.6) is 0 Å². The minimum Gasteiger partial charge on any atom is -0.387 e. The van der Waals surface area contributed by atoms with E-state index in [4.69, 9.17) is 0 Å². The minimum absolute atomic E-state index is 0.0340. The van der Waals surface area contributed by atoms with Gasteiger partial charge in [-0.15, -0.1) is 0 Å². The fourth-order valence-electron chi connectivity index (χ4n) is 3.57. The number of carbonyl (C=O) groups is 1. The fraction of sp³-hybridized carbons (Fsp3) is 0.286. The van der Waals surface area contributed by atoms with Crippen molar-refractivity contribution in [1.29, 1.82) is 0 Å². The number of likely N-dealkylation sites (tertiary alicyclic amines) is 1. The maximum atomic E-state index is 13.7. The SMILES string of the molecule is O=C(c1ccc(-c2cccn3c(=O)cc(C(F)(F)F)nc23)cc1)N1CCC(O)C(F)(F)C1. The molecule has 1 saturated heterocycles. The third kappa shape index (κ3) is 3.95. The van der Waals surface area contributed by atoms with Gasteiger partial charge in [-0.3, -0.25) is 14.0 Å². The van der Waals surface area contributed by atoms with E-state index in [1.54, 1.807) is 0 Å². The first-order chi connectivity index (χ1) is 15.0. The van der Waals surface area contributed by atoms with Gasteiger partial charge in [-0.1, -0.05) is 12.1 Å². The Bertz CT molecular complexity index is 1240. The topological polar surface area (TPSA) is 74.9 Å². The summed E-state index contributed by atoms with van der Waals surface area (Å²) in [6.07, 6.45) is -5.58. The Labute approximate surface area is 177 Å². The van der Waals surface area contributed by atoms with Crippen molar-refractivity contribution in [1.82, 2.24) is 14.3 Å². The maximum absolute atomic E-state index is 13.7. The molecule has 3 heterocycles. The van der Waals surface area contributed by atoms with Crippen LogP contribution in [-0.2, 0) is 6.18 Å². The number of rotatable bonds is 2. The lowest BCUT2D eigenvalue weighted by Crippen LogP contribution is -2.53. The van der Waals surface area contributed by atoms with E-state index in [2.05, 4.69) is 4.98 Å². The second-order valence-corrected chi connectivity index (χ2v) is 7.46. The molecule has 1 fully saturated rings. The Hall–Kier alpha value is -3.34. The number of fused-ring (bicyclic) bond motifs is 1. The molecule has 4 rings (SSSR count). The van der Waals surface area contributed by atoms with Crippen LogP contribution in [0.2, 0.25) is 0 Å². The van der Waals surface area contributed by atoms with E-state index in [0.29, 0.717) is 11.6 Å². The zero-order valence-electron chi connectivity index (χ0n) is 16.3. The first-order valence-corrected chi connectivity index (χ1v) is 9.52. The molecule has 1 amide bonds. The number of nitrogens with zero attached hydrogens (tertiary/aromatic N) is 3. The van der Waals surface area contributed by atoms with Crippen LogP contribution in [-0.4, -0.2) is 50.4 Å². The molecule has 0 spiro atoms. The van der Waals surface area contributed by atoms with Crippen LogP contribution in [0, 0.1) is 0 Å². The molecule has 1 atom stereocenters. The monoisotopic (exact) mass is 453 g/mol. The van der Waals surface area contributed by atoms with Gasteiger partial charge in [0.15, 0.2) is 5.69 Å². The molecule has 32 heavy (non-hydrogen) atoms. The molecule has 3 aromatic rings. The first kappa shape index (κ1) is 21.9. The lowest BCUT2D eigenvalue weighted by Gasteiger charge is -2.35. The highest BCUT2D eigenvalue weighted by Gasteiger charge is 2.45. The quantitative estimate of drug-likeness (QED) is 0.605. The molecule has 1 aliphatic heterocycles. The molecule has 0 radical (unpaired) electrons. The highest BCUT2D eigenvalue weighted by Crippen LogP contribution is 2.30. The summed E-state index contributed by atoms with van der Waals surface area (Å²) >= 11 is 0. The molecule has 1 unspecified atom stereocenters. The summed E-state index contributed by atoms with van der Waals surface area (Å²) in [6.45, 7) is -0.946. The third-order valence-corrected chi connectivity index (χ3v) is 5.27. The smallest absolute Gasteiger partial charge is 0.387 e. The van der Waals surface area contributed by atoms with Crippen molar-refractivity contribution >= 4 is 11.6 Å². The van der Waals surface area contributed by atoms with Crippen LogP contribution in [0.1, 0.15) is 22.5 Å². The summed E-state index contributed by atoms with van der Waals surface area (Å²) in [5.74, 6) is -4.07. The van der Waals surface area contributed by atoms with E-state index in [9.17, 15) is 36.6 Å². The number of pyridine rings is 1. The van der Waals surface area contributed by atoms with Crippen LogP contribution < -0.4 is 5.56 Å². The van der Waals surface area contributed by atoms with Gasteiger partial charge in [0.1, 0.15) is 11.8 Å². The van der Waals surface area contributed by atoms with Gasteiger partial charge in [-0.2, -0.15) is 13.2 Å². The van der Waals surface area contributed by atoms with Crippen molar-refractivity contribution in [3.05, 3.63) is 70.3 Å². The standard InChI is InChI=1S/C21H16F5N3O3/c22-20(23)11-28(9-7-16(20)30)19(32)13-5-3-12(4-6-13)14-2-1-8-29-17(31)10-15(21(24,25)26)27-18(14)29/h1-6,8,10,16,30H,7,9,11H2. The van der Waals surface area contributed by atoms with Gasteiger partial charge in [0.2, 0.25) is 0 Å². The van der Waals surface area contributed by atoms with Crippen LogP contribution >= 0.6 is 0 Å². The Morgan fingerprint density at radius 3 is 2.47 bits per heavy atom. The van der Waals surface area contributed by atoms with Crippen molar-refractivity contribution in [2.45, 2.75) is 24.6 Å². The zero-order valence-corrected chi connectivity index (χ0v) is 16.3. The van der Waals surface area contributed by atoms with Gasteiger partial charge in [0.05, 0.1) is 6.54 Å². The number of carbonyl (C=O) groups excluding carboxylic acids is 1. The minimum atomic E-state index is -4.80. The van der Waals surface area contributed by atoms with Gasteiger partial charge in [0, 0.05) is 29.9 Å². The molecule has 1 aromatic carbocycles. The number of amides is 1. The number of hydrogen-bond donors (Lipinski definition) is 1. The first-order valence-electron chi connectivity index (χ1n) is 9.52. The van der Waals surface area contributed by atoms with E-state index in [-0.39, 0.29) is 29.7 Å². The number of piperidine rings is 1. The molecular formula is C21H16F5N3O3. The number of benzene rings is 1. The summed E-state index contributed by atoms with van der Waals surface area (Å²) in [7, 11) is 0. The van der Waals surface area contributed by atoms with Gasteiger partial charge in [0.25, 0.3) is 17.4 Å². The average molecular weight is 453 g/mol. The fourth-order valence-corrected chi connectivity index (χ4v) is 3.57. The van der Waals surface area contributed by atoms with E-state index in [1.807, 2.05) is 0 Å². The molecule has 11 heteroatoms. The van der Waals surface area contributed by atoms with Gasteiger partial charge in [-0.25, -0.2) is 13.8 Å². The zero-order chi connectivity index (χ0) is 23.3. The second kappa shape index (κ2) is 7.66. The number of alkyl halides is 5. The van der Waals surface area contributed by atoms with Crippen LogP contribution in [0.4, 0.5) is 22.0 Å². The third-order valence-electron chi connectivity index (χ3n) is 5.27. The molecular weight excluding hydrogens is 437 g/mol. The molecule has 1 aliphatic rings. The van der Waals surface area contributed by atoms with Crippen LogP contribution in [0.3, 0.4) is 0 Å². The van der Waals surface area contributed by atoms with E-state index in [0.717, 1.165) is 9.30 Å². The number of aromatic nitrogens is 2. The van der Waals surface area contributed by atoms with Crippen LogP contribution in [0.15, 0.2) is 53.5 Å². The summed E-state index contributed by atoms with van der Waals surface area (Å²) in [5.41, 5.74) is -1.73. The Morgan fingerprint density at radius 1 is 1.16 bits per heavy atom. The van der Waals surface area contributed by atoms with Gasteiger partial charge < -0.3 is 10.0 Å². The largest absolute Gasteiger partial charge is 0.433 e. The number of aliphatic hydroxyl groups is 1. The van der Waals surface area contributed by atoms with E-state index < -0.39 is 41.9 Å². The Morgan fingerprint density at radius 2 is 1.84 bits per heavy atom. The van der Waals surface area contributed by atoms with Crippen molar-refractivity contribution in [2.24, 2.45) is 0 Å². The summed E-state index contributed by atoms with van der Waals surface area (Å²) < 4.78 is 67.8. The lowest BCUT2D eigenvalue weighted by molar-refractivity contribution is -0.142. The van der Waals surface area contributed by atoms with Crippen LogP contribution in [0.25, 0.3) is 16.8 Å². The Kier molecular flexibility index (Phi) is 5.24. The molecule has 0 saturated carbocycles. The van der Waals surface area contributed by atoms with E-state index >= 15 is 0 Å². The molecule has 168 valence electrons. The molecule has 0 aliphatic carbocycles. The number of hydrogen-bond acceptors (Lipinski definition) is 4. The van der Waals surface area contributed by atoms with Crippen molar-refractivity contribution in [3.63, 3.8) is 0 Å². The van der Waals surface area contributed by atoms with Gasteiger partial charge >= 0.3 is 6.18 Å². The molecule has 2 aromatic heterocycles. The van der Waals surface area contributed by atoms with E-state index in [1.165, 1.54) is 42.6 Å². The predicted molar refractivity (Wildman–Crippen MR) is 103 cm³/mol. The second-order valence-electron chi connectivity index (χ2n) is 7.46. The highest BCUT2D eigenvalue weighted by atomic mass is 19.4. The van der Waals surface area contributed by atoms with Gasteiger partial charge in [-0.05, 0) is 36.2 Å². The number of aliphatic hydroxyl groups excluding tert-OH is 1. The molecule has 1 N–H and O–H groups in total. The molecule has 6 nitrogen and oxygen atoms in total. The van der Waals surface area contributed by atoms with Crippen molar-refractivity contribution in [2.75, 3.05) is 13.1 Å². The summed E-state index contributed by atoms with van der Waals surface area (Å²) in [5, 5.41) is 9.36. The maximum Gasteiger partial charge on any atom is 0.433 e. The summed E-state index contributed by atoms with van der Waals surface area (Å²) in [6, 6.07) is 8.94. The number of halogens is 5. The van der Waals surface area contributed by atoms with Crippen molar-refractivity contribution in [3.8, 4) is 11.1 Å². The average Bonchev–Trinajstić information content (AvgIpc) is 2.74.